The Kier molecular flexibility index (Phi) is 5.46. The van der Waals surface area contributed by atoms with Crippen LogP contribution in [0.4, 0.5) is 0 Å². The molecule has 0 spiro atoms. The van der Waals surface area contributed by atoms with Gasteiger partial charge in [-0.2, -0.15) is 0 Å². The van der Waals surface area contributed by atoms with Gasteiger partial charge in [0, 0.05) is 10.9 Å². The second-order valence-corrected chi connectivity index (χ2v) is 8.63. The Bertz CT molecular complexity index is 641. The fraction of sp³-hybridized carbons (Fsp3) is 0.737. The van der Waals surface area contributed by atoms with E-state index in [1.54, 1.807) is 0 Å². The quantitative estimate of drug-likeness (QED) is 0.783. The molecule has 0 bridgehead atoms. The molecule has 2 aliphatic rings. The first-order valence-electron chi connectivity index (χ1n) is 9.87. The summed E-state index contributed by atoms with van der Waals surface area (Å²) in [5.74, 6) is 1.04. The summed E-state index contributed by atoms with van der Waals surface area (Å²) < 4.78 is 2.16. The minimum absolute atomic E-state index is 0.181. The molecule has 0 aliphatic heterocycles. The highest BCUT2D eigenvalue weighted by Crippen LogP contribution is 2.37. The molecule has 136 valence electrons. The van der Waals surface area contributed by atoms with Gasteiger partial charge in [-0.1, -0.05) is 44.6 Å². The van der Waals surface area contributed by atoms with E-state index in [9.17, 15) is 0 Å². The van der Waals surface area contributed by atoms with E-state index in [2.05, 4.69) is 49.7 Å². The van der Waals surface area contributed by atoms with Crippen molar-refractivity contribution in [3.05, 3.63) is 28.2 Å². The highest BCUT2D eigenvalue weighted by molar-refractivity contribution is 7.10. The Morgan fingerprint density at radius 2 is 1.80 bits per heavy atom. The summed E-state index contributed by atoms with van der Waals surface area (Å²) in [6.07, 6.45) is 13.0. The van der Waals surface area contributed by atoms with Crippen LogP contribution in [0.1, 0.15) is 87.0 Å². The molecule has 0 radical (unpaired) electrons. The molecular weight excluding hydrogens is 330 g/mol. The normalized spacial score (nSPS) is 21.7. The number of hydrogen-bond donors (Lipinski definition) is 0. The van der Waals surface area contributed by atoms with Crippen LogP contribution in [0.25, 0.3) is 0 Å². The van der Waals surface area contributed by atoms with E-state index in [1.807, 2.05) is 11.3 Å². The fourth-order valence-electron chi connectivity index (χ4n) is 4.62. The number of thiophene rings is 1. The Morgan fingerprint density at radius 1 is 1.08 bits per heavy atom. The summed E-state index contributed by atoms with van der Waals surface area (Å²) in [4.78, 5) is 3.91. The van der Waals surface area contributed by atoms with Crippen molar-refractivity contribution in [2.75, 3.05) is 7.05 Å². The van der Waals surface area contributed by atoms with E-state index >= 15 is 0 Å². The summed E-state index contributed by atoms with van der Waals surface area (Å²) in [7, 11) is 2.28. The lowest BCUT2D eigenvalue weighted by Crippen LogP contribution is -2.38. The number of hydrogen-bond acceptors (Lipinski definition) is 5. The van der Waals surface area contributed by atoms with Gasteiger partial charge in [0.2, 0.25) is 0 Å². The zero-order valence-corrected chi connectivity index (χ0v) is 16.0. The van der Waals surface area contributed by atoms with Crippen molar-refractivity contribution in [2.24, 2.45) is 0 Å². The van der Waals surface area contributed by atoms with Crippen molar-refractivity contribution >= 4 is 11.3 Å². The van der Waals surface area contributed by atoms with Gasteiger partial charge in [0.25, 0.3) is 0 Å². The molecular formula is C19H29N5S. The van der Waals surface area contributed by atoms with Gasteiger partial charge in [-0.3, -0.25) is 4.90 Å². The number of rotatable bonds is 5. The van der Waals surface area contributed by atoms with Crippen LogP contribution in [0.3, 0.4) is 0 Å². The smallest absolute Gasteiger partial charge is 0.174 e. The van der Waals surface area contributed by atoms with Crippen molar-refractivity contribution < 1.29 is 0 Å². The zero-order chi connectivity index (χ0) is 17.1. The average Bonchev–Trinajstić information content (AvgIpc) is 3.36. The summed E-state index contributed by atoms with van der Waals surface area (Å²) in [5.41, 5.74) is 0. The van der Waals surface area contributed by atoms with Gasteiger partial charge in [0.05, 0.1) is 6.04 Å². The third-order valence-electron chi connectivity index (χ3n) is 6.05. The molecule has 6 heteroatoms. The topological polar surface area (TPSA) is 46.8 Å². The van der Waals surface area contributed by atoms with Crippen molar-refractivity contribution in [1.82, 2.24) is 25.1 Å². The molecule has 1 atom stereocenters. The second-order valence-electron chi connectivity index (χ2n) is 7.65. The molecule has 0 amide bonds. The zero-order valence-electron chi connectivity index (χ0n) is 15.2. The molecule has 2 aliphatic carbocycles. The molecule has 2 saturated carbocycles. The third-order valence-corrected chi connectivity index (χ3v) is 6.98. The van der Waals surface area contributed by atoms with E-state index in [0.29, 0.717) is 12.1 Å². The molecule has 0 N–H and O–H groups in total. The number of tetrazole rings is 1. The molecule has 0 saturated heterocycles. The van der Waals surface area contributed by atoms with E-state index in [4.69, 9.17) is 0 Å². The maximum Gasteiger partial charge on any atom is 0.174 e. The predicted molar refractivity (Wildman–Crippen MR) is 101 cm³/mol. The van der Waals surface area contributed by atoms with Crippen LogP contribution in [0.2, 0.25) is 0 Å². The van der Waals surface area contributed by atoms with E-state index < -0.39 is 0 Å². The Balaban J connectivity index is 1.66. The van der Waals surface area contributed by atoms with Crippen molar-refractivity contribution in [3.63, 3.8) is 0 Å². The monoisotopic (exact) mass is 359 g/mol. The SMILES string of the molecule is CN(C1CCCCC1)C(c1cccs1)c1nnnn1C1CCCCC1. The van der Waals surface area contributed by atoms with E-state index in [0.717, 1.165) is 5.82 Å². The first-order valence-corrected chi connectivity index (χ1v) is 10.8. The fourth-order valence-corrected chi connectivity index (χ4v) is 5.49. The highest BCUT2D eigenvalue weighted by Gasteiger charge is 2.33. The van der Waals surface area contributed by atoms with E-state index in [-0.39, 0.29) is 6.04 Å². The van der Waals surface area contributed by atoms with Crippen molar-refractivity contribution in [2.45, 2.75) is 82.3 Å². The predicted octanol–water partition coefficient (Wildman–Crippen LogP) is 4.59. The maximum atomic E-state index is 4.53. The standard InChI is InChI=1S/C19H29N5S/c1-23(15-9-4-2-5-10-15)18(17-13-8-14-25-17)19-20-21-22-24(19)16-11-6-3-7-12-16/h8,13-16,18H,2-7,9-12H2,1H3. The van der Waals surface area contributed by atoms with Gasteiger partial charge in [-0.15, -0.1) is 16.4 Å². The van der Waals surface area contributed by atoms with Crippen LogP contribution in [0.15, 0.2) is 17.5 Å². The molecule has 2 heterocycles. The van der Waals surface area contributed by atoms with Gasteiger partial charge in [-0.25, -0.2) is 4.68 Å². The number of aromatic nitrogens is 4. The molecule has 25 heavy (non-hydrogen) atoms. The molecule has 0 aromatic carbocycles. The summed E-state index contributed by atoms with van der Waals surface area (Å²) in [6, 6.07) is 5.68. The lowest BCUT2D eigenvalue weighted by atomic mass is 9.93. The third kappa shape index (κ3) is 3.65. The largest absolute Gasteiger partial charge is 0.289 e. The van der Waals surface area contributed by atoms with Crippen LogP contribution in [-0.2, 0) is 0 Å². The van der Waals surface area contributed by atoms with Gasteiger partial charge < -0.3 is 0 Å². The van der Waals surface area contributed by atoms with Crippen LogP contribution in [0, 0.1) is 0 Å². The Hall–Kier alpha value is -1.27. The maximum absolute atomic E-state index is 4.53. The van der Waals surface area contributed by atoms with Crippen LogP contribution >= 0.6 is 11.3 Å². The number of nitrogens with zero attached hydrogens (tertiary/aromatic N) is 5. The van der Waals surface area contributed by atoms with Crippen LogP contribution < -0.4 is 0 Å². The Labute approximate surface area is 154 Å². The minimum Gasteiger partial charge on any atom is -0.289 e. The summed E-state index contributed by atoms with van der Waals surface area (Å²) in [6.45, 7) is 0. The van der Waals surface area contributed by atoms with Crippen LogP contribution in [-0.4, -0.2) is 38.2 Å². The van der Waals surface area contributed by atoms with E-state index in [1.165, 1.54) is 69.1 Å². The molecule has 5 nitrogen and oxygen atoms in total. The molecule has 4 rings (SSSR count). The molecule has 1 unspecified atom stereocenters. The van der Waals surface area contributed by atoms with Crippen molar-refractivity contribution in [1.29, 1.82) is 0 Å². The highest BCUT2D eigenvalue weighted by atomic mass is 32.1. The lowest BCUT2D eigenvalue weighted by Gasteiger charge is -2.36. The molecule has 2 fully saturated rings. The van der Waals surface area contributed by atoms with Crippen LogP contribution in [0.5, 0.6) is 0 Å². The molecule has 2 aromatic heterocycles. The average molecular weight is 360 g/mol. The van der Waals surface area contributed by atoms with Crippen molar-refractivity contribution in [3.8, 4) is 0 Å². The second kappa shape index (κ2) is 7.96. The van der Waals surface area contributed by atoms with Gasteiger partial charge in [0.1, 0.15) is 6.04 Å². The lowest BCUT2D eigenvalue weighted by molar-refractivity contribution is 0.148. The minimum atomic E-state index is 0.181. The van der Waals surface area contributed by atoms with Gasteiger partial charge in [-0.05, 0) is 54.6 Å². The summed E-state index contributed by atoms with van der Waals surface area (Å²) >= 11 is 1.83. The molecule has 2 aromatic rings. The summed E-state index contributed by atoms with van der Waals surface area (Å²) in [5, 5.41) is 15.2. The Morgan fingerprint density at radius 3 is 2.48 bits per heavy atom. The van der Waals surface area contributed by atoms with Gasteiger partial charge in [0.15, 0.2) is 5.82 Å². The first kappa shape index (κ1) is 17.2. The first-order chi connectivity index (χ1) is 12.3. The van der Waals surface area contributed by atoms with Gasteiger partial charge >= 0.3 is 0 Å².